The molecule has 0 aliphatic heterocycles. The van der Waals surface area contributed by atoms with Crippen LogP contribution in [0.25, 0.3) is 0 Å². The Bertz CT molecular complexity index is 859. The van der Waals surface area contributed by atoms with Crippen molar-refractivity contribution >= 4 is 23.4 Å². The number of aromatic nitrogens is 3. The van der Waals surface area contributed by atoms with E-state index >= 15 is 0 Å². The van der Waals surface area contributed by atoms with Crippen LogP contribution in [-0.4, -0.2) is 26.4 Å². The fraction of sp³-hybridized carbons (Fsp3) is 0.250. The molecule has 134 valence electrons. The molecule has 0 fully saturated rings. The minimum Gasteiger partial charge on any atom is -0.325 e. The number of hydrogen-bond acceptors (Lipinski definition) is 4. The Balaban J connectivity index is 1.55. The molecule has 3 aromatic rings. The van der Waals surface area contributed by atoms with Crippen molar-refractivity contribution in [2.75, 3.05) is 11.1 Å². The van der Waals surface area contributed by atoms with E-state index in [1.807, 2.05) is 54.1 Å². The third-order valence-corrected chi connectivity index (χ3v) is 5.13. The monoisotopic (exact) mass is 366 g/mol. The van der Waals surface area contributed by atoms with Gasteiger partial charge in [0.25, 0.3) is 0 Å². The smallest absolute Gasteiger partial charge is 0.234 e. The summed E-state index contributed by atoms with van der Waals surface area (Å²) < 4.78 is 1.95. The zero-order chi connectivity index (χ0) is 18.4. The molecular weight excluding hydrogens is 344 g/mol. The Morgan fingerprint density at radius 1 is 1.04 bits per heavy atom. The van der Waals surface area contributed by atoms with Gasteiger partial charge in [0, 0.05) is 19.2 Å². The Morgan fingerprint density at radius 3 is 2.46 bits per heavy atom. The van der Waals surface area contributed by atoms with Crippen molar-refractivity contribution in [2.45, 2.75) is 24.9 Å². The molecule has 1 aromatic heterocycles. The second-order valence-electron chi connectivity index (χ2n) is 6.01. The minimum atomic E-state index is -0.0492. The average molecular weight is 366 g/mol. The highest BCUT2D eigenvalue weighted by atomic mass is 32.2. The van der Waals surface area contributed by atoms with Gasteiger partial charge in [0.2, 0.25) is 5.91 Å². The molecular formula is C20H22N4OS. The number of aryl methyl sites for hydroxylation is 1. The lowest BCUT2D eigenvalue weighted by Crippen LogP contribution is -2.14. The maximum atomic E-state index is 12.2. The van der Waals surface area contributed by atoms with Gasteiger partial charge in [-0.05, 0) is 29.7 Å². The predicted octanol–water partition coefficient (Wildman–Crippen LogP) is 3.70. The molecule has 2 aromatic carbocycles. The quantitative estimate of drug-likeness (QED) is 0.648. The Morgan fingerprint density at radius 2 is 1.77 bits per heavy atom. The number of benzene rings is 2. The highest BCUT2D eigenvalue weighted by molar-refractivity contribution is 7.99. The van der Waals surface area contributed by atoms with Crippen LogP contribution in [0.4, 0.5) is 5.69 Å². The molecule has 26 heavy (non-hydrogen) atoms. The van der Waals surface area contributed by atoms with Crippen LogP contribution in [-0.2, 0) is 24.7 Å². The number of amides is 1. The van der Waals surface area contributed by atoms with Gasteiger partial charge in [0.15, 0.2) is 5.16 Å². The van der Waals surface area contributed by atoms with E-state index in [0.29, 0.717) is 5.75 Å². The third kappa shape index (κ3) is 4.73. The number of nitrogens with one attached hydrogen (secondary N) is 1. The fourth-order valence-electron chi connectivity index (χ4n) is 2.55. The summed E-state index contributed by atoms with van der Waals surface area (Å²) in [5.74, 6) is 1.13. The summed E-state index contributed by atoms with van der Waals surface area (Å²) in [5.41, 5.74) is 3.26. The van der Waals surface area contributed by atoms with E-state index in [1.54, 1.807) is 0 Å². The molecule has 0 bridgehead atoms. The Kier molecular flexibility index (Phi) is 6.07. The van der Waals surface area contributed by atoms with E-state index in [4.69, 9.17) is 0 Å². The Labute approximate surface area is 157 Å². The van der Waals surface area contributed by atoms with Crippen molar-refractivity contribution in [1.29, 1.82) is 0 Å². The van der Waals surface area contributed by atoms with Gasteiger partial charge in [-0.2, -0.15) is 0 Å². The largest absolute Gasteiger partial charge is 0.325 e. The first-order valence-electron chi connectivity index (χ1n) is 8.59. The van der Waals surface area contributed by atoms with Crippen molar-refractivity contribution < 1.29 is 4.79 Å². The van der Waals surface area contributed by atoms with E-state index in [2.05, 4.69) is 34.6 Å². The Hall–Kier alpha value is -2.60. The highest BCUT2D eigenvalue weighted by Crippen LogP contribution is 2.18. The van der Waals surface area contributed by atoms with E-state index < -0.39 is 0 Å². The summed E-state index contributed by atoms with van der Waals surface area (Å²) in [6, 6.07) is 18.1. The second-order valence-corrected chi connectivity index (χ2v) is 6.95. The first-order valence-corrected chi connectivity index (χ1v) is 9.58. The van der Waals surface area contributed by atoms with Crippen molar-refractivity contribution in [3.63, 3.8) is 0 Å². The van der Waals surface area contributed by atoms with Gasteiger partial charge in [-0.25, -0.2) is 0 Å². The normalized spacial score (nSPS) is 10.7. The summed E-state index contributed by atoms with van der Waals surface area (Å²) in [6.45, 7) is 2.11. The second kappa shape index (κ2) is 8.67. The van der Waals surface area contributed by atoms with E-state index in [9.17, 15) is 4.79 Å². The van der Waals surface area contributed by atoms with E-state index in [1.165, 1.54) is 22.9 Å². The molecule has 6 heteroatoms. The molecule has 0 saturated carbocycles. The van der Waals surface area contributed by atoms with Crippen LogP contribution < -0.4 is 5.32 Å². The summed E-state index contributed by atoms with van der Waals surface area (Å²) >= 11 is 1.39. The van der Waals surface area contributed by atoms with Gasteiger partial charge >= 0.3 is 0 Å². The minimum absolute atomic E-state index is 0.0492. The number of anilines is 1. The van der Waals surface area contributed by atoms with Gasteiger partial charge in [-0.3, -0.25) is 4.79 Å². The molecule has 1 heterocycles. The number of nitrogens with zero attached hydrogens (tertiary/aromatic N) is 3. The summed E-state index contributed by atoms with van der Waals surface area (Å²) in [5, 5.41) is 12.1. The molecule has 0 radical (unpaired) electrons. The molecule has 0 saturated heterocycles. The zero-order valence-corrected chi connectivity index (χ0v) is 15.8. The van der Waals surface area contributed by atoms with Crippen LogP contribution in [0.3, 0.4) is 0 Å². The lowest BCUT2D eigenvalue weighted by molar-refractivity contribution is -0.113. The number of carbonyl (C=O) groups is 1. The van der Waals surface area contributed by atoms with Crippen LogP contribution in [0, 0.1) is 0 Å². The number of carbonyl (C=O) groups excluding carboxylic acids is 1. The maximum Gasteiger partial charge on any atom is 0.234 e. The average Bonchev–Trinajstić information content (AvgIpc) is 3.01. The van der Waals surface area contributed by atoms with Gasteiger partial charge in [0.1, 0.15) is 5.82 Å². The van der Waals surface area contributed by atoms with Crippen LogP contribution in [0.1, 0.15) is 23.9 Å². The molecule has 0 atom stereocenters. The van der Waals surface area contributed by atoms with Crippen molar-refractivity contribution in [3.8, 4) is 0 Å². The maximum absolute atomic E-state index is 12.2. The van der Waals surface area contributed by atoms with Crippen LogP contribution in [0.2, 0.25) is 0 Å². The molecule has 0 aliphatic rings. The summed E-state index contributed by atoms with van der Waals surface area (Å²) in [6.07, 6.45) is 1.71. The standard InChI is InChI=1S/C20H22N4OS/c1-3-15-9-11-17(12-10-15)21-19(25)14-26-20-23-22-18(24(20)2)13-16-7-5-4-6-8-16/h4-12H,3,13-14H2,1-2H3,(H,21,25). The van der Waals surface area contributed by atoms with E-state index in [0.717, 1.165) is 29.5 Å². The van der Waals surface area contributed by atoms with E-state index in [-0.39, 0.29) is 5.91 Å². The first kappa shape index (κ1) is 18.2. The van der Waals surface area contributed by atoms with Crippen LogP contribution in [0.15, 0.2) is 59.8 Å². The van der Waals surface area contributed by atoms with Gasteiger partial charge < -0.3 is 9.88 Å². The van der Waals surface area contributed by atoms with Gasteiger partial charge in [-0.1, -0.05) is 61.2 Å². The third-order valence-electron chi connectivity index (χ3n) is 4.11. The number of rotatable bonds is 7. The number of thioether (sulfide) groups is 1. The first-order chi connectivity index (χ1) is 12.7. The van der Waals surface area contributed by atoms with Crippen molar-refractivity contribution in [3.05, 3.63) is 71.5 Å². The van der Waals surface area contributed by atoms with Crippen molar-refractivity contribution in [1.82, 2.24) is 14.8 Å². The zero-order valence-electron chi connectivity index (χ0n) is 15.0. The molecule has 0 spiro atoms. The lowest BCUT2D eigenvalue weighted by Gasteiger charge is -2.06. The molecule has 0 aliphatic carbocycles. The molecule has 1 N–H and O–H groups in total. The van der Waals surface area contributed by atoms with Crippen molar-refractivity contribution in [2.24, 2.45) is 7.05 Å². The molecule has 0 unspecified atom stereocenters. The fourth-order valence-corrected chi connectivity index (χ4v) is 3.28. The lowest BCUT2D eigenvalue weighted by atomic mass is 10.1. The summed E-state index contributed by atoms with van der Waals surface area (Å²) in [7, 11) is 1.93. The van der Waals surface area contributed by atoms with Crippen LogP contribution >= 0.6 is 11.8 Å². The SMILES string of the molecule is CCc1ccc(NC(=O)CSc2nnc(Cc3ccccc3)n2C)cc1. The van der Waals surface area contributed by atoms with Gasteiger partial charge in [0.05, 0.1) is 5.75 Å². The molecule has 1 amide bonds. The van der Waals surface area contributed by atoms with Gasteiger partial charge in [-0.15, -0.1) is 10.2 Å². The highest BCUT2D eigenvalue weighted by Gasteiger charge is 2.12. The number of hydrogen-bond donors (Lipinski definition) is 1. The predicted molar refractivity (Wildman–Crippen MR) is 105 cm³/mol. The topological polar surface area (TPSA) is 59.8 Å². The van der Waals surface area contributed by atoms with Crippen LogP contribution in [0.5, 0.6) is 0 Å². The summed E-state index contributed by atoms with van der Waals surface area (Å²) in [4.78, 5) is 12.2. The molecule has 5 nitrogen and oxygen atoms in total. The molecule has 3 rings (SSSR count).